The standard InChI is InChI=1S/C14H15ClF3N3/c1-3-11-14(15)13(21(4-2)20-11)7-19-12-6-9(17)8(16)5-10(12)18/h5-6,19H,3-4,7H2,1-2H3. The number of halogens is 4. The summed E-state index contributed by atoms with van der Waals surface area (Å²) in [4.78, 5) is 0. The van der Waals surface area contributed by atoms with E-state index in [1.54, 1.807) is 4.68 Å². The Morgan fingerprint density at radius 1 is 1.14 bits per heavy atom. The summed E-state index contributed by atoms with van der Waals surface area (Å²) in [6.45, 7) is 4.61. The van der Waals surface area contributed by atoms with E-state index in [9.17, 15) is 13.2 Å². The molecule has 0 saturated heterocycles. The van der Waals surface area contributed by atoms with Gasteiger partial charge in [0.15, 0.2) is 11.6 Å². The fourth-order valence-electron chi connectivity index (χ4n) is 2.02. The van der Waals surface area contributed by atoms with Gasteiger partial charge in [-0.1, -0.05) is 18.5 Å². The molecule has 0 aliphatic carbocycles. The van der Waals surface area contributed by atoms with E-state index in [-0.39, 0.29) is 12.2 Å². The zero-order valence-electron chi connectivity index (χ0n) is 11.7. The SMILES string of the molecule is CCc1nn(CC)c(CNc2cc(F)c(F)cc2F)c1Cl. The highest BCUT2D eigenvalue weighted by molar-refractivity contribution is 6.31. The van der Waals surface area contributed by atoms with Gasteiger partial charge >= 0.3 is 0 Å². The number of benzene rings is 1. The van der Waals surface area contributed by atoms with Crippen molar-refractivity contribution in [3.8, 4) is 0 Å². The molecule has 0 spiro atoms. The van der Waals surface area contributed by atoms with Gasteiger partial charge in [0.05, 0.1) is 28.6 Å². The zero-order chi connectivity index (χ0) is 15.6. The molecule has 0 unspecified atom stereocenters. The number of hydrogen-bond donors (Lipinski definition) is 1. The van der Waals surface area contributed by atoms with Crippen LogP contribution in [0.4, 0.5) is 18.9 Å². The Morgan fingerprint density at radius 3 is 2.43 bits per heavy atom. The first-order chi connectivity index (χ1) is 9.97. The number of aryl methyl sites for hydroxylation is 2. The fourth-order valence-corrected chi connectivity index (χ4v) is 2.36. The highest BCUT2D eigenvalue weighted by atomic mass is 35.5. The molecule has 114 valence electrons. The highest BCUT2D eigenvalue weighted by Crippen LogP contribution is 2.24. The third-order valence-corrected chi connectivity index (χ3v) is 3.59. The molecule has 0 aliphatic rings. The summed E-state index contributed by atoms with van der Waals surface area (Å²) < 4.78 is 41.3. The van der Waals surface area contributed by atoms with E-state index in [0.29, 0.717) is 29.7 Å². The summed E-state index contributed by atoms with van der Waals surface area (Å²) in [5.41, 5.74) is 1.31. The van der Waals surface area contributed by atoms with Crippen molar-refractivity contribution in [1.82, 2.24) is 9.78 Å². The molecule has 0 amide bonds. The minimum absolute atomic E-state index is 0.119. The van der Waals surface area contributed by atoms with Gasteiger partial charge in [-0.3, -0.25) is 4.68 Å². The van der Waals surface area contributed by atoms with Gasteiger partial charge in [-0.25, -0.2) is 13.2 Å². The minimum atomic E-state index is -1.22. The van der Waals surface area contributed by atoms with E-state index < -0.39 is 17.5 Å². The van der Waals surface area contributed by atoms with Crippen molar-refractivity contribution in [3.63, 3.8) is 0 Å². The van der Waals surface area contributed by atoms with Crippen molar-refractivity contribution in [3.05, 3.63) is 46.0 Å². The molecular formula is C14H15ClF3N3. The first-order valence-corrected chi connectivity index (χ1v) is 6.98. The highest BCUT2D eigenvalue weighted by Gasteiger charge is 2.15. The van der Waals surface area contributed by atoms with E-state index in [2.05, 4.69) is 10.4 Å². The van der Waals surface area contributed by atoms with Crippen LogP contribution in [0.3, 0.4) is 0 Å². The molecule has 0 fully saturated rings. The molecule has 1 N–H and O–H groups in total. The molecule has 1 heterocycles. The van der Waals surface area contributed by atoms with Crippen LogP contribution < -0.4 is 5.32 Å². The molecule has 0 bridgehead atoms. The normalized spacial score (nSPS) is 11.0. The Labute approximate surface area is 125 Å². The Kier molecular flexibility index (Phi) is 4.77. The van der Waals surface area contributed by atoms with Gasteiger partial charge in [0.25, 0.3) is 0 Å². The molecule has 7 heteroatoms. The third kappa shape index (κ3) is 3.15. The lowest BCUT2D eigenvalue weighted by atomic mass is 10.2. The maximum Gasteiger partial charge on any atom is 0.161 e. The Balaban J connectivity index is 2.24. The average Bonchev–Trinajstić information content (AvgIpc) is 2.77. The van der Waals surface area contributed by atoms with E-state index in [1.807, 2.05) is 13.8 Å². The fraction of sp³-hybridized carbons (Fsp3) is 0.357. The lowest BCUT2D eigenvalue weighted by Crippen LogP contribution is -2.09. The van der Waals surface area contributed by atoms with E-state index >= 15 is 0 Å². The van der Waals surface area contributed by atoms with Crippen LogP contribution >= 0.6 is 11.6 Å². The first kappa shape index (κ1) is 15.7. The quantitative estimate of drug-likeness (QED) is 0.840. The molecule has 0 atom stereocenters. The van der Waals surface area contributed by atoms with Crippen molar-refractivity contribution in [2.45, 2.75) is 33.4 Å². The first-order valence-electron chi connectivity index (χ1n) is 6.60. The number of hydrogen-bond acceptors (Lipinski definition) is 2. The Hall–Kier alpha value is -1.69. The second-order valence-corrected chi connectivity index (χ2v) is 4.85. The minimum Gasteiger partial charge on any atom is -0.377 e. The van der Waals surface area contributed by atoms with Crippen LogP contribution in [0.5, 0.6) is 0 Å². The number of rotatable bonds is 5. The molecular weight excluding hydrogens is 303 g/mol. The number of anilines is 1. The second-order valence-electron chi connectivity index (χ2n) is 4.48. The largest absolute Gasteiger partial charge is 0.377 e. The number of nitrogens with one attached hydrogen (secondary N) is 1. The van der Waals surface area contributed by atoms with Crippen LogP contribution in [0, 0.1) is 17.5 Å². The van der Waals surface area contributed by atoms with Crippen LogP contribution in [-0.4, -0.2) is 9.78 Å². The second kappa shape index (κ2) is 6.39. The lowest BCUT2D eigenvalue weighted by molar-refractivity contribution is 0.496. The molecule has 0 radical (unpaired) electrons. The van der Waals surface area contributed by atoms with Crippen LogP contribution in [0.1, 0.15) is 25.2 Å². The topological polar surface area (TPSA) is 29.9 Å². The molecule has 2 rings (SSSR count). The lowest BCUT2D eigenvalue weighted by Gasteiger charge is -2.10. The summed E-state index contributed by atoms with van der Waals surface area (Å²) >= 11 is 6.22. The van der Waals surface area contributed by atoms with Crippen molar-refractivity contribution in [2.24, 2.45) is 0 Å². The number of aromatic nitrogens is 2. The van der Waals surface area contributed by atoms with Gasteiger partial charge in [0.2, 0.25) is 0 Å². The van der Waals surface area contributed by atoms with Crippen molar-refractivity contribution in [1.29, 1.82) is 0 Å². The third-order valence-electron chi connectivity index (χ3n) is 3.15. The van der Waals surface area contributed by atoms with E-state index in [0.717, 1.165) is 11.8 Å². The average molecular weight is 318 g/mol. The van der Waals surface area contributed by atoms with Gasteiger partial charge in [-0.2, -0.15) is 5.10 Å². The Morgan fingerprint density at radius 2 is 1.81 bits per heavy atom. The summed E-state index contributed by atoms with van der Waals surface area (Å²) in [7, 11) is 0. The van der Waals surface area contributed by atoms with E-state index in [4.69, 9.17) is 11.6 Å². The molecule has 0 aliphatic heterocycles. The van der Waals surface area contributed by atoms with Crippen molar-refractivity contribution < 1.29 is 13.2 Å². The van der Waals surface area contributed by atoms with Gasteiger partial charge in [-0.05, 0) is 13.3 Å². The Bertz CT molecular complexity index is 655. The summed E-state index contributed by atoms with van der Waals surface area (Å²) in [6, 6.07) is 1.29. The van der Waals surface area contributed by atoms with Crippen molar-refractivity contribution >= 4 is 17.3 Å². The molecule has 1 aromatic carbocycles. The molecule has 0 saturated carbocycles. The maximum atomic E-state index is 13.6. The molecule has 3 nitrogen and oxygen atoms in total. The molecule has 1 aromatic heterocycles. The van der Waals surface area contributed by atoms with Crippen LogP contribution in [-0.2, 0) is 19.5 Å². The van der Waals surface area contributed by atoms with Crippen LogP contribution in [0.2, 0.25) is 5.02 Å². The maximum absolute atomic E-state index is 13.6. The predicted octanol–water partition coefficient (Wildman–Crippen LogP) is 4.15. The summed E-state index contributed by atoms with van der Waals surface area (Å²) in [6.07, 6.45) is 0.679. The summed E-state index contributed by atoms with van der Waals surface area (Å²) in [5.74, 6) is -3.19. The smallest absolute Gasteiger partial charge is 0.161 e. The summed E-state index contributed by atoms with van der Waals surface area (Å²) in [5, 5.41) is 7.56. The van der Waals surface area contributed by atoms with E-state index in [1.165, 1.54) is 0 Å². The van der Waals surface area contributed by atoms with Gasteiger partial charge in [-0.15, -0.1) is 0 Å². The van der Waals surface area contributed by atoms with Gasteiger partial charge in [0, 0.05) is 18.7 Å². The monoisotopic (exact) mass is 317 g/mol. The van der Waals surface area contributed by atoms with Gasteiger partial charge in [0.1, 0.15) is 5.82 Å². The van der Waals surface area contributed by atoms with Gasteiger partial charge < -0.3 is 5.32 Å². The molecule has 21 heavy (non-hydrogen) atoms. The van der Waals surface area contributed by atoms with Crippen LogP contribution in [0.15, 0.2) is 12.1 Å². The predicted molar refractivity (Wildman–Crippen MR) is 75.9 cm³/mol. The van der Waals surface area contributed by atoms with Crippen molar-refractivity contribution in [2.75, 3.05) is 5.32 Å². The van der Waals surface area contributed by atoms with Crippen LogP contribution in [0.25, 0.3) is 0 Å². The molecule has 2 aromatic rings. The zero-order valence-corrected chi connectivity index (χ0v) is 12.4. The number of nitrogens with zero attached hydrogens (tertiary/aromatic N) is 2.